The van der Waals surface area contributed by atoms with Crippen LogP contribution < -0.4 is 15.4 Å². The fraction of sp³-hybridized carbons (Fsp3) is 0.429. The minimum atomic E-state index is -0.0230. The lowest BCUT2D eigenvalue weighted by molar-refractivity contribution is 0.222. The quantitative estimate of drug-likeness (QED) is 0.843. The molecular formula is C14H20N6O. The number of nitrogens with one attached hydrogen (secondary N) is 2. The number of anilines is 2. The lowest BCUT2D eigenvalue weighted by Crippen LogP contribution is -2.15. The van der Waals surface area contributed by atoms with Crippen molar-refractivity contribution in [2.75, 3.05) is 17.7 Å². The summed E-state index contributed by atoms with van der Waals surface area (Å²) in [6, 6.07) is 6.04. The minimum absolute atomic E-state index is 0.00169. The van der Waals surface area contributed by atoms with Crippen molar-refractivity contribution in [2.24, 2.45) is 0 Å². The zero-order valence-electron chi connectivity index (χ0n) is 12.7. The largest absolute Gasteiger partial charge is 0.461 e. The Hall–Kier alpha value is -2.44. The molecule has 2 aromatic rings. The average Bonchev–Trinajstić information content (AvgIpc) is 2.47. The molecule has 0 spiro atoms. The highest BCUT2D eigenvalue weighted by atomic mass is 16.5. The van der Waals surface area contributed by atoms with Gasteiger partial charge in [-0.1, -0.05) is 6.07 Å². The second-order valence-corrected chi connectivity index (χ2v) is 4.80. The molecule has 0 bridgehead atoms. The maximum absolute atomic E-state index is 5.53. The topological polar surface area (TPSA) is 84.9 Å². The van der Waals surface area contributed by atoms with Gasteiger partial charge in [0.2, 0.25) is 11.9 Å². The van der Waals surface area contributed by atoms with Gasteiger partial charge in [-0.3, -0.25) is 4.98 Å². The van der Waals surface area contributed by atoms with E-state index in [-0.39, 0.29) is 12.1 Å². The van der Waals surface area contributed by atoms with Gasteiger partial charge in [0, 0.05) is 13.2 Å². The van der Waals surface area contributed by atoms with Gasteiger partial charge >= 0.3 is 6.01 Å². The number of rotatable bonds is 6. The van der Waals surface area contributed by atoms with Gasteiger partial charge in [0.25, 0.3) is 0 Å². The molecule has 7 nitrogen and oxygen atoms in total. The van der Waals surface area contributed by atoms with Crippen LogP contribution >= 0.6 is 0 Å². The first-order valence-corrected chi connectivity index (χ1v) is 6.86. The molecule has 0 radical (unpaired) electrons. The molecule has 0 saturated heterocycles. The third-order valence-corrected chi connectivity index (χ3v) is 2.66. The molecule has 0 saturated carbocycles. The number of aromatic nitrogens is 4. The molecule has 2 rings (SSSR count). The molecule has 112 valence electrons. The molecule has 0 aliphatic carbocycles. The van der Waals surface area contributed by atoms with E-state index in [0.717, 1.165) is 5.69 Å². The normalized spacial score (nSPS) is 12.0. The first kappa shape index (κ1) is 15.0. The first-order valence-electron chi connectivity index (χ1n) is 6.86. The second kappa shape index (κ2) is 6.83. The number of ether oxygens (including phenoxy) is 1. The van der Waals surface area contributed by atoms with Crippen LogP contribution in [0.2, 0.25) is 0 Å². The highest BCUT2D eigenvalue weighted by Crippen LogP contribution is 2.17. The van der Waals surface area contributed by atoms with Gasteiger partial charge < -0.3 is 15.4 Å². The maximum atomic E-state index is 5.53. The molecule has 7 heteroatoms. The van der Waals surface area contributed by atoms with Crippen molar-refractivity contribution in [1.82, 2.24) is 19.9 Å². The van der Waals surface area contributed by atoms with E-state index in [1.54, 1.807) is 13.2 Å². The zero-order chi connectivity index (χ0) is 15.2. The van der Waals surface area contributed by atoms with Crippen molar-refractivity contribution in [2.45, 2.75) is 32.9 Å². The smallest absolute Gasteiger partial charge is 0.323 e. The van der Waals surface area contributed by atoms with Crippen LogP contribution in [-0.4, -0.2) is 33.1 Å². The van der Waals surface area contributed by atoms with E-state index < -0.39 is 0 Å². The van der Waals surface area contributed by atoms with Crippen LogP contribution in [0.4, 0.5) is 11.9 Å². The Morgan fingerprint density at radius 3 is 2.43 bits per heavy atom. The molecule has 0 fully saturated rings. The number of hydrogen-bond donors (Lipinski definition) is 2. The van der Waals surface area contributed by atoms with Crippen molar-refractivity contribution >= 4 is 11.9 Å². The van der Waals surface area contributed by atoms with Gasteiger partial charge in [0.1, 0.15) is 0 Å². The zero-order valence-corrected chi connectivity index (χ0v) is 12.7. The van der Waals surface area contributed by atoms with Gasteiger partial charge in [-0.05, 0) is 32.9 Å². The Morgan fingerprint density at radius 1 is 1.05 bits per heavy atom. The monoisotopic (exact) mass is 288 g/mol. The molecule has 2 heterocycles. The third kappa shape index (κ3) is 4.27. The Bertz CT molecular complexity index is 575. The van der Waals surface area contributed by atoms with Crippen LogP contribution in [0.25, 0.3) is 0 Å². The van der Waals surface area contributed by atoms with E-state index >= 15 is 0 Å². The molecule has 0 aliphatic rings. The van der Waals surface area contributed by atoms with E-state index in [9.17, 15) is 0 Å². The number of hydrogen-bond acceptors (Lipinski definition) is 7. The molecule has 2 aromatic heterocycles. The van der Waals surface area contributed by atoms with Crippen LogP contribution in [0.1, 0.15) is 32.5 Å². The van der Waals surface area contributed by atoms with Crippen molar-refractivity contribution < 1.29 is 4.74 Å². The summed E-state index contributed by atoms with van der Waals surface area (Å²) < 4.78 is 5.53. The second-order valence-electron chi connectivity index (χ2n) is 4.80. The van der Waals surface area contributed by atoms with Crippen molar-refractivity contribution in [3.8, 4) is 6.01 Å². The standard InChI is InChI=1S/C14H20N6O/c1-9(2)21-14-19-12(15-4)18-13(20-14)17-10(3)11-7-5-6-8-16-11/h5-10H,1-4H3,(H2,15,17,18,19,20). The van der Waals surface area contributed by atoms with Crippen molar-refractivity contribution in [3.05, 3.63) is 30.1 Å². The Kier molecular flexibility index (Phi) is 4.86. The average molecular weight is 288 g/mol. The van der Waals surface area contributed by atoms with Crippen LogP contribution in [0.15, 0.2) is 24.4 Å². The van der Waals surface area contributed by atoms with E-state index in [4.69, 9.17) is 4.74 Å². The lowest BCUT2D eigenvalue weighted by atomic mass is 10.2. The van der Waals surface area contributed by atoms with Gasteiger partial charge in [-0.15, -0.1) is 0 Å². The Balaban J connectivity index is 2.18. The summed E-state index contributed by atoms with van der Waals surface area (Å²) in [6.07, 6.45) is 1.76. The SMILES string of the molecule is CNc1nc(NC(C)c2ccccn2)nc(OC(C)C)n1. The summed E-state index contributed by atoms with van der Waals surface area (Å²) >= 11 is 0. The minimum Gasteiger partial charge on any atom is -0.461 e. The molecule has 21 heavy (non-hydrogen) atoms. The third-order valence-electron chi connectivity index (χ3n) is 2.66. The van der Waals surface area contributed by atoms with E-state index in [0.29, 0.717) is 17.9 Å². The van der Waals surface area contributed by atoms with Crippen LogP contribution in [0.5, 0.6) is 6.01 Å². The number of pyridine rings is 1. The Labute approximate surface area is 124 Å². The lowest BCUT2D eigenvalue weighted by Gasteiger charge is -2.15. The van der Waals surface area contributed by atoms with Crippen molar-refractivity contribution in [3.63, 3.8) is 0 Å². The van der Waals surface area contributed by atoms with Crippen LogP contribution in [0, 0.1) is 0 Å². The Morgan fingerprint density at radius 2 is 1.81 bits per heavy atom. The van der Waals surface area contributed by atoms with Crippen molar-refractivity contribution in [1.29, 1.82) is 0 Å². The predicted molar refractivity (Wildman–Crippen MR) is 81.4 cm³/mol. The van der Waals surface area contributed by atoms with Crippen LogP contribution in [0.3, 0.4) is 0 Å². The molecule has 0 aromatic carbocycles. The predicted octanol–water partition coefficient (Wildman–Crippen LogP) is 2.27. The highest BCUT2D eigenvalue weighted by Gasteiger charge is 2.12. The van der Waals surface area contributed by atoms with Gasteiger partial charge in [-0.25, -0.2) is 0 Å². The molecule has 1 unspecified atom stereocenters. The summed E-state index contributed by atoms with van der Waals surface area (Å²) in [5, 5.41) is 6.10. The molecule has 0 amide bonds. The molecular weight excluding hydrogens is 268 g/mol. The fourth-order valence-electron chi connectivity index (χ4n) is 1.70. The van der Waals surface area contributed by atoms with Crippen LogP contribution in [-0.2, 0) is 0 Å². The number of nitrogens with zero attached hydrogens (tertiary/aromatic N) is 4. The maximum Gasteiger partial charge on any atom is 0.323 e. The summed E-state index contributed by atoms with van der Waals surface area (Å²) in [7, 11) is 1.75. The molecule has 0 aliphatic heterocycles. The summed E-state index contributed by atoms with van der Waals surface area (Å²) in [5.74, 6) is 0.902. The first-order chi connectivity index (χ1) is 10.1. The summed E-state index contributed by atoms with van der Waals surface area (Å²) in [4.78, 5) is 17.0. The highest BCUT2D eigenvalue weighted by molar-refractivity contribution is 5.37. The van der Waals surface area contributed by atoms with E-state index in [1.807, 2.05) is 39.0 Å². The van der Waals surface area contributed by atoms with Gasteiger partial charge in [-0.2, -0.15) is 15.0 Å². The van der Waals surface area contributed by atoms with Gasteiger partial charge in [0.15, 0.2) is 0 Å². The molecule has 2 N–H and O–H groups in total. The van der Waals surface area contributed by atoms with E-state index in [1.165, 1.54) is 0 Å². The van der Waals surface area contributed by atoms with E-state index in [2.05, 4.69) is 30.6 Å². The summed E-state index contributed by atoms with van der Waals surface area (Å²) in [5.41, 5.74) is 0.912. The fourth-order valence-corrected chi connectivity index (χ4v) is 1.70. The molecule has 1 atom stereocenters. The van der Waals surface area contributed by atoms with Gasteiger partial charge in [0.05, 0.1) is 17.8 Å². The summed E-state index contributed by atoms with van der Waals surface area (Å²) in [6.45, 7) is 5.84.